The largest absolute Gasteiger partial charge is 0.294 e. The maximum atomic E-state index is 11.5. The SMILES string of the molecule is CS(=O)(=O)c1ncc2c(n1)CCN(Cc1c(Br)cncc1Br)C2. The number of aromatic nitrogens is 3. The number of hydrogen-bond donors (Lipinski definition) is 0. The summed E-state index contributed by atoms with van der Waals surface area (Å²) in [6.07, 6.45) is 7.02. The van der Waals surface area contributed by atoms with Crippen molar-refractivity contribution in [2.75, 3.05) is 12.8 Å². The molecule has 122 valence electrons. The van der Waals surface area contributed by atoms with Gasteiger partial charge in [-0.3, -0.25) is 9.88 Å². The molecule has 0 amide bonds. The molecule has 23 heavy (non-hydrogen) atoms. The lowest BCUT2D eigenvalue weighted by atomic mass is 10.1. The summed E-state index contributed by atoms with van der Waals surface area (Å²) in [5.74, 6) is 0. The molecule has 0 saturated heterocycles. The maximum absolute atomic E-state index is 11.5. The van der Waals surface area contributed by atoms with Gasteiger partial charge in [0.2, 0.25) is 15.0 Å². The molecule has 1 aliphatic heterocycles. The molecular weight excluding hydrogens is 448 g/mol. The number of hydrogen-bond acceptors (Lipinski definition) is 6. The van der Waals surface area contributed by atoms with E-state index >= 15 is 0 Å². The minimum Gasteiger partial charge on any atom is -0.294 e. The molecule has 0 fully saturated rings. The number of fused-ring (bicyclic) bond motifs is 1. The Hall–Kier alpha value is -0.900. The van der Waals surface area contributed by atoms with Gasteiger partial charge in [-0.2, -0.15) is 0 Å². The Bertz CT molecular complexity index is 838. The van der Waals surface area contributed by atoms with E-state index in [-0.39, 0.29) is 5.16 Å². The number of pyridine rings is 1. The number of nitrogens with zero attached hydrogens (tertiary/aromatic N) is 4. The molecule has 9 heteroatoms. The summed E-state index contributed by atoms with van der Waals surface area (Å²) in [5, 5.41) is -0.0932. The van der Waals surface area contributed by atoms with Crippen LogP contribution in [0.25, 0.3) is 0 Å². The van der Waals surface area contributed by atoms with E-state index in [1.54, 1.807) is 18.6 Å². The van der Waals surface area contributed by atoms with Crippen molar-refractivity contribution in [2.45, 2.75) is 24.7 Å². The smallest absolute Gasteiger partial charge is 0.246 e. The Kier molecular flexibility index (Phi) is 4.82. The van der Waals surface area contributed by atoms with Crippen LogP contribution in [0.3, 0.4) is 0 Å². The zero-order valence-electron chi connectivity index (χ0n) is 12.3. The summed E-state index contributed by atoms with van der Waals surface area (Å²) in [5.41, 5.74) is 2.94. The predicted octanol–water partition coefficient (Wildman–Crippen LogP) is 2.36. The standard InChI is InChI=1S/C14H14Br2N4O2S/c1-23(21,22)14-18-4-9-7-20(3-2-13(9)19-14)8-10-11(15)5-17-6-12(10)16/h4-6H,2-3,7-8H2,1H3. The third kappa shape index (κ3) is 3.78. The monoisotopic (exact) mass is 460 g/mol. The molecule has 0 aliphatic carbocycles. The van der Waals surface area contributed by atoms with Crippen molar-refractivity contribution in [3.8, 4) is 0 Å². The molecule has 0 spiro atoms. The average Bonchev–Trinajstić information content (AvgIpc) is 2.49. The fourth-order valence-corrected chi connectivity index (χ4v) is 4.18. The molecule has 0 saturated carbocycles. The summed E-state index contributed by atoms with van der Waals surface area (Å²) in [6.45, 7) is 2.27. The van der Waals surface area contributed by atoms with Crippen LogP contribution in [-0.4, -0.2) is 41.1 Å². The molecular formula is C14H14Br2N4O2S. The van der Waals surface area contributed by atoms with Crippen LogP contribution in [0.1, 0.15) is 16.8 Å². The predicted molar refractivity (Wildman–Crippen MR) is 92.6 cm³/mol. The van der Waals surface area contributed by atoms with E-state index in [4.69, 9.17) is 0 Å². The van der Waals surface area contributed by atoms with Gasteiger partial charge < -0.3 is 0 Å². The third-order valence-electron chi connectivity index (χ3n) is 3.66. The molecule has 3 rings (SSSR count). The van der Waals surface area contributed by atoms with Gasteiger partial charge in [-0.05, 0) is 37.4 Å². The first-order chi connectivity index (χ1) is 10.8. The zero-order valence-corrected chi connectivity index (χ0v) is 16.3. The molecule has 0 N–H and O–H groups in total. The first-order valence-electron chi connectivity index (χ1n) is 6.89. The Morgan fingerprint density at radius 2 is 1.91 bits per heavy atom. The lowest BCUT2D eigenvalue weighted by Gasteiger charge is -2.28. The van der Waals surface area contributed by atoms with Crippen molar-refractivity contribution in [3.63, 3.8) is 0 Å². The van der Waals surface area contributed by atoms with Gasteiger partial charge in [-0.15, -0.1) is 0 Å². The van der Waals surface area contributed by atoms with Crippen LogP contribution in [0.2, 0.25) is 0 Å². The summed E-state index contributed by atoms with van der Waals surface area (Å²) < 4.78 is 25.0. The van der Waals surface area contributed by atoms with Gasteiger partial charge in [0.25, 0.3) is 0 Å². The number of sulfone groups is 1. The van der Waals surface area contributed by atoms with Crippen LogP contribution in [-0.2, 0) is 29.3 Å². The van der Waals surface area contributed by atoms with E-state index in [1.165, 1.54) is 0 Å². The first kappa shape index (κ1) is 16.9. The van der Waals surface area contributed by atoms with Gasteiger partial charge in [-0.25, -0.2) is 18.4 Å². The first-order valence-corrected chi connectivity index (χ1v) is 10.4. The van der Waals surface area contributed by atoms with E-state index in [9.17, 15) is 8.42 Å². The average molecular weight is 462 g/mol. The molecule has 0 aromatic carbocycles. The highest BCUT2D eigenvalue weighted by Gasteiger charge is 2.22. The van der Waals surface area contributed by atoms with E-state index in [0.717, 1.165) is 45.1 Å². The van der Waals surface area contributed by atoms with Crippen molar-refractivity contribution < 1.29 is 8.42 Å². The van der Waals surface area contributed by atoms with Crippen LogP contribution in [0.5, 0.6) is 0 Å². The van der Waals surface area contributed by atoms with Crippen molar-refractivity contribution in [1.29, 1.82) is 0 Å². The Balaban J connectivity index is 1.81. The molecule has 0 atom stereocenters. The summed E-state index contributed by atoms with van der Waals surface area (Å²) in [6, 6.07) is 0. The van der Waals surface area contributed by atoms with Crippen molar-refractivity contribution in [3.05, 3.63) is 44.4 Å². The van der Waals surface area contributed by atoms with Crippen LogP contribution in [0, 0.1) is 0 Å². The van der Waals surface area contributed by atoms with Crippen molar-refractivity contribution in [2.24, 2.45) is 0 Å². The normalized spacial score (nSPS) is 15.4. The van der Waals surface area contributed by atoms with Crippen LogP contribution in [0.4, 0.5) is 0 Å². The second-order valence-electron chi connectivity index (χ2n) is 5.44. The lowest BCUT2D eigenvalue weighted by Crippen LogP contribution is -2.31. The number of rotatable bonds is 3. The summed E-state index contributed by atoms with van der Waals surface area (Å²) in [4.78, 5) is 14.6. The molecule has 2 aromatic heterocycles. The second-order valence-corrected chi connectivity index (χ2v) is 9.06. The Labute approximate surface area is 151 Å². The molecule has 0 bridgehead atoms. The minimum absolute atomic E-state index is 0.0932. The highest BCUT2D eigenvalue weighted by Crippen LogP contribution is 2.27. The highest BCUT2D eigenvalue weighted by molar-refractivity contribution is 9.11. The van der Waals surface area contributed by atoms with Crippen molar-refractivity contribution >= 4 is 41.7 Å². The van der Waals surface area contributed by atoms with Crippen LogP contribution in [0.15, 0.2) is 32.7 Å². The minimum atomic E-state index is -3.36. The molecule has 6 nitrogen and oxygen atoms in total. The number of halogens is 2. The van der Waals surface area contributed by atoms with Gasteiger partial charge in [0, 0.05) is 65.4 Å². The quantitative estimate of drug-likeness (QED) is 0.653. The summed E-state index contributed by atoms with van der Waals surface area (Å²) in [7, 11) is -3.36. The molecule has 0 radical (unpaired) electrons. The maximum Gasteiger partial charge on any atom is 0.246 e. The molecule has 1 aliphatic rings. The highest BCUT2D eigenvalue weighted by atomic mass is 79.9. The van der Waals surface area contributed by atoms with E-state index in [1.807, 2.05) is 0 Å². The van der Waals surface area contributed by atoms with Gasteiger partial charge >= 0.3 is 0 Å². The second kappa shape index (κ2) is 6.54. The van der Waals surface area contributed by atoms with E-state index < -0.39 is 9.84 Å². The van der Waals surface area contributed by atoms with E-state index in [0.29, 0.717) is 13.0 Å². The Morgan fingerprint density at radius 3 is 2.57 bits per heavy atom. The Morgan fingerprint density at radius 1 is 1.22 bits per heavy atom. The van der Waals surface area contributed by atoms with Crippen molar-refractivity contribution in [1.82, 2.24) is 19.9 Å². The fraction of sp³-hybridized carbons (Fsp3) is 0.357. The van der Waals surface area contributed by atoms with Gasteiger partial charge in [0.1, 0.15) is 0 Å². The topological polar surface area (TPSA) is 76.1 Å². The van der Waals surface area contributed by atoms with Gasteiger partial charge in [-0.1, -0.05) is 0 Å². The summed E-state index contributed by atoms with van der Waals surface area (Å²) >= 11 is 7.05. The molecule has 0 unspecified atom stereocenters. The zero-order chi connectivity index (χ0) is 16.6. The van der Waals surface area contributed by atoms with Gasteiger partial charge in [0.15, 0.2) is 0 Å². The molecule has 2 aromatic rings. The van der Waals surface area contributed by atoms with Crippen LogP contribution < -0.4 is 0 Å². The third-order valence-corrected chi connectivity index (χ3v) is 5.88. The molecule has 3 heterocycles. The van der Waals surface area contributed by atoms with Gasteiger partial charge in [0.05, 0.1) is 5.69 Å². The lowest BCUT2D eigenvalue weighted by molar-refractivity contribution is 0.241. The van der Waals surface area contributed by atoms with Crippen LogP contribution >= 0.6 is 31.9 Å². The fourth-order valence-electron chi connectivity index (χ4n) is 2.48. The van der Waals surface area contributed by atoms with E-state index in [2.05, 4.69) is 51.7 Å².